The number of pyridine rings is 1. The summed E-state index contributed by atoms with van der Waals surface area (Å²) in [6.45, 7) is 1.72. The molecule has 3 heterocycles. The fourth-order valence-electron chi connectivity index (χ4n) is 4.33. The van der Waals surface area contributed by atoms with Gasteiger partial charge in [-0.15, -0.1) is 0 Å². The molecule has 4 atom stereocenters. The van der Waals surface area contributed by atoms with Crippen LogP contribution in [0.4, 0.5) is 13.2 Å². The zero-order valence-electron chi connectivity index (χ0n) is 14.4. The molecule has 0 saturated carbocycles. The molecule has 0 unspecified atom stereocenters. The Bertz CT molecular complexity index is 734. The number of amides is 1. The summed E-state index contributed by atoms with van der Waals surface area (Å²) in [5.74, 6) is -1.53. The Hall–Kier alpha value is -1.87. The van der Waals surface area contributed by atoms with E-state index >= 15 is 0 Å². The highest BCUT2D eigenvalue weighted by Gasteiger charge is 2.55. The number of nitrogens with one attached hydrogen (secondary N) is 1. The maximum absolute atomic E-state index is 12.8. The standard InChI is InChI=1S/C17H22F3N3O3/c1-2-21-16(26)14-10(9-24)12-8-23-11(4-3-5-13(23)25)15(14)22(12)7-6-17(18,19)20/h3-5,10,12,14-15,24H,2,6-9H2,1H3,(H,21,26)/t10-,12-,14+,15+/m1/s1. The lowest BCUT2D eigenvalue weighted by Crippen LogP contribution is -2.47. The van der Waals surface area contributed by atoms with Gasteiger partial charge in [-0.2, -0.15) is 13.2 Å². The minimum atomic E-state index is -4.32. The highest BCUT2D eigenvalue weighted by molar-refractivity contribution is 5.80. The number of aromatic nitrogens is 1. The number of aliphatic hydroxyl groups is 1. The van der Waals surface area contributed by atoms with Crippen molar-refractivity contribution in [1.82, 2.24) is 14.8 Å². The van der Waals surface area contributed by atoms with Crippen molar-refractivity contribution in [1.29, 1.82) is 0 Å². The van der Waals surface area contributed by atoms with Gasteiger partial charge in [-0.3, -0.25) is 14.5 Å². The lowest BCUT2D eigenvalue weighted by Gasteiger charge is -2.38. The number of hydrogen-bond donors (Lipinski definition) is 2. The molecular weight excluding hydrogens is 351 g/mol. The molecule has 1 saturated heterocycles. The zero-order chi connectivity index (χ0) is 19.1. The summed E-state index contributed by atoms with van der Waals surface area (Å²) in [4.78, 5) is 26.5. The third-order valence-electron chi connectivity index (χ3n) is 5.35. The molecule has 0 radical (unpaired) electrons. The van der Waals surface area contributed by atoms with Gasteiger partial charge < -0.3 is 15.0 Å². The quantitative estimate of drug-likeness (QED) is 0.804. The summed E-state index contributed by atoms with van der Waals surface area (Å²) in [6, 6.07) is 3.47. The molecule has 0 aromatic carbocycles. The van der Waals surface area contributed by atoms with Gasteiger partial charge in [-0.25, -0.2) is 0 Å². The number of nitrogens with zero attached hydrogens (tertiary/aromatic N) is 2. The van der Waals surface area contributed by atoms with Crippen LogP contribution >= 0.6 is 0 Å². The second-order valence-electron chi connectivity index (χ2n) is 6.78. The first-order valence-corrected chi connectivity index (χ1v) is 8.69. The van der Waals surface area contributed by atoms with Gasteiger partial charge in [0.1, 0.15) is 0 Å². The van der Waals surface area contributed by atoms with Crippen molar-refractivity contribution in [2.75, 3.05) is 19.7 Å². The van der Waals surface area contributed by atoms with Crippen LogP contribution in [0, 0.1) is 11.8 Å². The van der Waals surface area contributed by atoms with E-state index in [0.717, 1.165) is 0 Å². The molecule has 2 aliphatic rings. The topological polar surface area (TPSA) is 74.6 Å². The molecule has 2 aliphatic heterocycles. The van der Waals surface area contributed by atoms with Gasteiger partial charge in [0.2, 0.25) is 5.91 Å². The summed E-state index contributed by atoms with van der Waals surface area (Å²) < 4.78 is 39.9. The van der Waals surface area contributed by atoms with Gasteiger partial charge in [-0.1, -0.05) is 6.07 Å². The minimum absolute atomic E-state index is 0.171. The molecule has 26 heavy (non-hydrogen) atoms. The molecule has 2 N–H and O–H groups in total. The van der Waals surface area contributed by atoms with Crippen LogP contribution in [0.25, 0.3) is 0 Å². The first kappa shape index (κ1) is 18.9. The van der Waals surface area contributed by atoms with Gasteiger partial charge in [-0.05, 0) is 13.0 Å². The first-order chi connectivity index (χ1) is 12.3. The normalized spacial score (nSPS) is 28.0. The monoisotopic (exact) mass is 373 g/mol. The number of alkyl halides is 3. The van der Waals surface area contributed by atoms with Crippen molar-refractivity contribution in [2.24, 2.45) is 11.8 Å². The average Bonchev–Trinajstić information content (AvgIpc) is 2.79. The smallest absolute Gasteiger partial charge is 0.390 e. The van der Waals surface area contributed by atoms with Crippen LogP contribution < -0.4 is 10.9 Å². The van der Waals surface area contributed by atoms with E-state index in [-0.39, 0.29) is 31.2 Å². The van der Waals surface area contributed by atoms with Crippen molar-refractivity contribution in [3.63, 3.8) is 0 Å². The summed E-state index contributed by atoms with van der Waals surface area (Å²) in [5.41, 5.74) is 0.282. The zero-order valence-corrected chi connectivity index (χ0v) is 14.4. The molecule has 6 nitrogen and oxygen atoms in total. The van der Waals surface area contributed by atoms with Crippen LogP contribution in [0.1, 0.15) is 25.1 Å². The summed E-state index contributed by atoms with van der Waals surface area (Å²) in [5, 5.41) is 12.6. The fourth-order valence-corrected chi connectivity index (χ4v) is 4.33. The molecule has 3 rings (SSSR count). The second-order valence-corrected chi connectivity index (χ2v) is 6.78. The molecule has 2 bridgehead atoms. The van der Waals surface area contributed by atoms with E-state index in [1.54, 1.807) is 24.0 Å². The molecule has 1 amide bonds. The molecule has 0 spiro atoms. The Morgan fingerprint density at radius 2 is 2.12 bits per heavy atom. The van der Waals surface area contributed by atoms with Gasteiger partial charge >= 0.3 is 6.18 Å². The Labute approximate surface area is 148 Å². The predicted molar refractivity (Wildman–Crippen MR) is 87.4 cm³/mol. The van der Waals surface area contributed by atoms with E-state index in [9.17, 15) is 27.9 Å². The minimum Gasteiger partial charge on any atom is -0.396 e. The van der Waals surface area contributed by atoms with Gasteiger partial charge in [0.15, 0.2) is 0 Å². The average molecular weight is 373 g/mol. The van der Waals surface area contributed by atoms with E-state index in [0.29, 0.717) is 12.2 Å². The van der Waals surface area contributed by atoms with Crippen molar-refractivity contribution in [2.45, 2.75) is 38.1 Å². The van der Waals surface area contributed by atoms with Gasteiger partial charge in [0, 0.05) is 50.0 Å². The van der Waals surface area contributed by atoms with Crippen molar-refractivity contribution >= 4 is 5.91 Å². The van der Waals surface area contributed by atoms with E-state index in [2.05, 4.69) is 5.32 Å². The maximum Gasteiger partial charge on any atom is 0.390 e. The van der Waals surface area contributed by atoms with Crippen LogP contribution in [0.15, 0.2) is 23.0 Å². The molecule has 1 fully saturated rings. The lowest BCUT2D eigenvalue weighted by atomic mass is 9.86. The van der Waals surface area contributed by atoms with Crippen LogP contribution in [-0.2, 0) is 11.3 Å². The fraction of sp³-hybridized carbons (Fsp3) is 0.647. The van der Waals surface area contributed by atoms with Crippen LogP contribution in [0.3, 0.4) is 0 Å². The number of rotatable bonds is 5. The van der Waals surface area contributed by atoms with E-state index in [4.69, 9.17) is 0 Å². The third kappa shape index (κ3) is 3.25. The van der Waals surface area contributed by atoms with Gasteiger partial charge in [0.25, 0.3) is 5.56 Å². The Balaban J connectivity index is 2.04. The summed E-state index contributed by atoms with van der Waals surface area (Å²) in [7, 11) is 0. The van der Waals surface area contributed by atoms with Crippen molar-refractivity contribution in [3.05, 3.63) is 34.2 Å². The lowest BCUT2D eigenvalue weighted by molar-refractivity contribution is -0.140. The number of halogens is 3. The van der Waals surface area contributed by atoms with Crippen LogP contribution in [-0.4, -0.2) is 52.4 Å². The molecule has 1 aromatic rings. The number of carbonyl (C=O) groups excluding carboxylic acids is 1. The van der Waals surface area contributed by atoms with E-state index < -0.39 is 36.5 Å². The number of hydrogen-bond acceptors (Lipinski definition) is 4. The molecule has 9 heteroatoms. The van der Waals surface area contributed by atoms with Crippen LogP contribution in [0.2, 0.25) is 0 Å². The van der Waals surface area contributed by atoms with Crippen molar-refractivity contribution in [3.8, 4) is 0 Å². The molecule has 1 aromatic heterocycles. The van der Waals surface area contributed by atoms with E-state index in [1.165, 1.54) is 10.6 Å². The Morgan fingerprint density at radius 1 is 1.38 bits per heavy atom. The molecule has 0 aliphatic carbocycles. The number of fused-ring (bicyclic) bond motifs is 4. The molecular formula is C17H22F3N3O3. The first-order valence-electron chi connectivity index (χ1n) is 8.69. The summed E-state index contributed by atoms with van der Waals surface area (Å²) >= 11 is 0. The van der Waals surface area contributed by atoms with E-state index in [1.807, 2.05) is 0 Å². The number of carbonyl (C=O) groups is 1. The predicted octanol–water partition coefficient (Wildman–Crippen LogP) is 0.900. The van der Waals surface area contributed by atoms with Gasteiger partial charge in [0.05, 0.1) is 18.4 Å². The van der Waals surface area contributed by atoms with Crippen LogP contribution in [0.5, 0.6) is 0 Å². The second kappa shape index (κ2) is 7.03. The van der Waals surface area contributed by atoms with Crippen molar-refractivity contribution < 1.29 is 23.1 Å². The molecule has 144 valence electrons. The highest BCUT2D eigenvalue weighted by Crippen LogP contribution is 2.48. The highest BCUT2D eigenvalue weighted by atomic mass is 19.4. The Morgan fingerprint density at radius 3 is 2.73 bits per heavy atom. The largest absolute Gasteiger partial charge is 0.396 e. The number of aliphatic hydroxyl groups excluding tert-OH is 1. The summed E-state index contributed by atoms with van der Waals surface area (Å²) in [6.07, 6.45) is -5.32. The SMILES string of the molecule is CCNC(=O)[C@H]1[C@H](CO)[C@H]2Cn3c(cccc3=O)[C@@H]1N2CCC(F)(F)F. The maximum atomic E-state index is 12.8. The Kier molecular flexibility index (Phi) is 5.12. The third-order valence-corrected chi connectivity index (χ3v) is 5.35.